The minimum absolute atomic E-state index is 0.0890. The first-order valence-electron chi connectivity index (χ1n) is 6.79. The molecule has 0 aromatic heterocycles. The molecule has 5 heteroatoms. The van der Waals surface area contributed by atoms with Crippen LogP contribution in [0.15, 0.2) is 18.2 Å². The Morgan fingerprint density at radius 1 is 1.30 bits per heavy atom. The number of hydrogen-bond acceptors (Lipinski definition) is 4. The summed E-state index contributed by atoms with van der Waals surface area (Å²) < 4.78 is 5.16. The maximum atomic E-state index is 12.1. The largest absolute Gasteiger partial charge is 0.507 e. The summed E-state index contributed by atoms with van der Waals surface area (Å²) >= 11 is 0. The number of aromatic hydroxyl groups is 1. The van der Waals surface area contributed by atoms with E-state index in [4.69, 9.17) is 4.74 Å². The van der Waals surface area contributed by atoms with E-state index in [1.807, 2.05) is 0 Å². The van der Waals surface area contributed by atoms with E-state index in [1.165, 1.54) is 6.07 Å². The summed E-state index contributed by atoms with van der Waals surface area (Å²) in [5.41, 5.74) is 0.684. The molecular formula is C15H19NO4. The second-order valence-corrected chi connectivity index (χ2v) is 5.05. The van der Waals surface area contributed by atoms with Gasteiger partial charge in [0.05, 0.1) is 0 Å². The second-order valence-electron chi connectivity index (χ2n) is 5.05. The monoisotopic (exact) mass is 277 g/mol. The number of amides is 1. The number of rotatable bonds is 3. The SMILES string of the molecule is Cc1cccc(C(=O)O[C@@H](C)C(=O)N2CCCC2)c1O. The number of likely N-dealkylation sites (tertiary alicyclic amines) is 1. The molecule has 2 rings (SSSR count). The number of carbonyl (C=O) groups excluding carboxylic acids is 2. The average Bonchev–Trinajstić information content (AvgIpc) is 2.94. The van der Waals surface area contributed by atoms with Crippen LogP contribution >= 0.6 is 0 Å². The lowest BCUT2D eigenvalue weighted by atomic mass is 10.1. The Morgan fingerprint density at radius 2 is 1.95 bits per heavy atom. The molecule has 0 unspecified atom stereocenters. The van der Waals surface area contributed by atoms with E-state index >= 15 is 0 Å². The van der Waals surface area contributed by atoms with Gasteiger partial charge in [0.1, 0.15) is 11.3 Å². The molecule has 0 bridgehead atoms. The van der Waals surface area contributed by atoms with Crippen molar-refractivity contribution in [2.45, 2.75) is 32.8 Å². The molecule has 108 valence electrons. The molecule has 1 atom stereocenters. The van der Waals surface area contributed by atoms with E-state index in [2.05, 4.69) is 0 Å². The van der Waals surface area contributed by atoms with Crippen molar-refractivity contribution in [1.82, 2.24) is 4.90 Å². The molecular weight excluding hydrogens is 258 g/mol. The summed E-state index contributed by atoms with van der Waals surface area (Å²) in [6, 6.07) is 4.85. The Hall–Kier alpha value is -2.04. The first kappa shape index (κ1) is 14.4. The minimum atomic E-state index is -0.833. The summed E-state index contributed by atoms with van der Waals surface area (Å²) in [6.07, 6.45) is 1.15. The zero-order valence-electron chi connectivity index (χ0n) is 11.8. The van der Waals surface area contributed by atoms with Gasteiger partial charge in [-0.15, -0.1) is 0 Å². The van der Waals surface area contributed by atoms with Gasteiger partial charge in [0, 0.05) is 13.1 Å². The van der Waals surface area contributed by atoms with Gasteiger partial charge in [0.25, 0.3) is 5.91 Å². The quantitative estimate of drug-likeness (QED) is 0.856. The van der Waals surface area contributed by atoms with Crippen molar-refractivity contribution in [3.63, 3.8) is 0 Å². The van der Waals surface area contributed by atoms with Crippen LogP contribution in [0.1, 0.15) is 35.7 Å². The molecule has 0 spiro atoms. The highest BCUT2D eigenvalue weighted by atomic mass is 16.5. The Kier molecular flexibility index (Phi) is 4.27. The predicted molar refractivity (Wildman–Crippen MR) is 73.5 cm³/mol. The number of phenolic OH excluding ortho intramolecular Hbond substituents is 1. The summed E-state index contributed by atoms with van der Waals surface area (Å²) in [4.78, 5) is 25.7. The van der Waals surface area contributed by atoms with E-state index in [9.17, 15) is 14.7 Å². The molecule has 20 heavy (non-hydrogen) atoms. The fourth-order valence-electron chi connectivity index (χ4n) is 2.29. The van der Waals surface area contributed by atoms with Crippen LogP contribution in [0.25, 0.3) is 0 Å². The minimum Gasteiger partial charge on any atom is -0.507 e. The van der Waals surface area contributed by atoms with Gasteiger partial charge in [-0.05, 0) is 38.3 Å². The summed E-state index contributed by atoms with van der Waals surface area (Å²) in [5, 5.41) is 9.83. The zero-order valence-corrected chi connectivity index (χ0v) is 11.8. The van der Waals surface area contributed by atoms with Crippen molar-refractivity contribution in [1.29, 1.82) is 0 Å². The molecule has 1 aliphatic rings. The van der Waals surface area contributed by atoms with Gasteiger partial charge < -0.3 is 14.7 Å². The predicted octanol–water partition coefficient (Wildman–Crippen LogP) is 1.87. The summed E-state index contributed by atoms with van der Waals surface area (Å²) in [5.74, 6) is -0.951. The van der Waals surface area contributed by atoms with Gasteiger partial charge in [-0.25, -0.2) is 4.79 Å². The zero-order chi connectivity index (χ0) is 14.7. The van der Waals surface area contributed by atoms with Crippen LogP contribution in [0.4, 0.5) is 0 Å². The van der Waals surface area contributed by atoms with Gasteiger partial charge in [0.2, 0.25) is 0 Å². The fourth-order valence-corrected chi connectivity index (χ4v) is 2.29. The molecule has 0 aliphatic carbocycles. The third kappa shape index (κ3) is 2.92. The lowest BCUT2D eigenvalue weighted by molar-refractivity contribution is -0.138. The summed E-state index contributed by atoms with van der Waals surface area (Å²) in [7, 11) is 0. The van der Waals surface area contributed by atoms with E-state index in [-0.39, 0.29) is 17.2 Å². The molecule has 1 fully saturated rings. The van der Waals surface area contributed by atoms with Crippen molar-refractivity contribution in [2.24, 2.45) is 0 Å². The van der Waals surface area contributed by atoms with Crippen molar-refractivity contribution in [3.8, 4) is 5.75 Å². The molecule has 0 saturated carbocycles. The van der Waals surface area contributed by atoms with E-state index in [0.29, 0.717) is 5.56 Å². The number of para-hydroxylation sites is 1. The molecule has 0 radical (unpaired) electrons. The average molecular weight is 277 g/mol. The van der Waals surface area contributed by atoms with Crippen molar-refractivity contribution >= 4 is 11.9 Å². The molecule has 1 aromatic carbocycles. The Labute approximate surface area is 118 Å². The van der Waals surface area contributed by atoms with Gasteiger partial charge in [-0.2, -0.15) is 0 Å². The van der Waals surface area contributed by atoms with E-state index < -0.39 is 12.1 Å². The number of hydrogen-bond donors (Lipinski definition) is 1. The Balaban J connectivity index is 2.03. The molecule has 1 heterocycles. The van der Waals surface area contributed by atoms with Crippen molar-refractivity contribution in [2.75, 3.05) is 13.1 Å². The molecule has 1 saturated heterocycles. The number of benzene rings is 1. The molecule has 1 aromatic rings. The van der Waals surface area contributed by atoms with Gasteiger partial charge in [-0.1, -0.05) is 12.1 Å². The maximum absolute atomic E-state index is 12.1. The number of nitrogens with zero attached hydrogens (tertiary/aromatic N) is 1. The second kappa shape index (κ2) is 5.94. The van der Waals surface area contributed by atoms with Gasteiger partial charge >= 0.3 is 5.97 Å². The number of carbonyl (C=O) groups is 2. The first-order chi connectivity index (χ1) is 9.50. The van der Waals surface area contributed by atoms with Crippen LogP contribution in [-0.2, 0) is 9.53 Å². The third-order valence-corrected chi connectivity index (χ3v) is 3.51. The number of ether oxygens (including phenoxy) is 1. The number of esters is 1. The van der Waals surface area contributed by atoms with Crippen LogP contribution in [0.3, 0.4) is 0 Å². The van der Waals surface area contributed by atoms with Crippen LogP contribution < -0.4 is 0 Å². The van der Waals surface area contributed by atoms with Gasteiger partial charge in [-0.3, -0.25) is 4.79 Å². The van der Waals surface area contributed by atoms with Gasteiger partial charge in [0.15, 0.2) is 6.10 Å². The molecule has 5 nitrogen and oxygen atoms in total. The smallest absolute Gasteiger partial charge is 0.342 e. The number of phenols is 1. The Bertz CT molecular complexity index is 521. The van der Waals surface area contributed by atoms with Crippen LogP contribution in [0.5, 0.6) is 5.75 Å². The van der Waals surface area contributed by atoms with Crippen molar-refractivity contribution in [3.05, 3.63) is 29.3 Å². The normalized spacial score (nSPS) is 16.0. The highest BCUT2D eigenvalue weighted by Gasteiger charge is 2.27. The molecule has 1 amide bonds. The lowest BCUT2D eigenvalue weighted by Crippen LogP contribution is -2.38. The van der Waals surface area contributed by atoms with E-state index in [1.54, 1.807) is 30.9 Å². The van der Waals surface area contributed by atoms with Crippen LogP contribution in [-0.4, -0.2) is 41.1 Å². The highest BCUT2D eigenvalue weighted by molar-refractivity contribution is 5.94. The Morgan fingerprint density at radius 3 is 2.60 bits per heavy atom. The highest BCUT2D eigenvalue weighted by Crippen LogP contribution is 2.22. The fraction of sp³-hybridized carbons (Fsp3) is 0.467. The van der Waals surface area contributed by atoms with Crippen LogP contribution in [0, 0.1) is 6.92 Å². The molecule has 1 N–H and O–H groups in total. The first-order valence-corrected chi connectivity index (χ1v) is 6.79. The van der Waals surface area contributed by atoms with Crippen molar-refractivity contribution < 1.29 is 19.4 Å². The number of aryl methyl sites for hydroxylation is 1. The standard InChI is InChI=1S/C15H19NO4/c1-10-6-5-7-12(13(10)17)15(19)20-11(2)14(18)16-8-3-4-9-16/h5-7,11,17H,3-4,8-9H2,1-2H3/t11-/m0/s1. The topological polar surface area (TPSA) is 66.8 Å². The lowest BCUT2D eigenvalue weighted by Gasteiger charge is -2.20. The summed E-state index contributed by atoms with van der Waals surface area (Å²) in [6.45, 7) is 4.70. The van der Waals surface area contributed by atoms with Crippen LogP contribution in [0.2, 0.25) is 0 Å². The maximum Gasteiger partial charge on any atom is 0.342 e. The third-order valence-electron chi connectivity index (χ3n) is 3.51. The molecule has 1 aliphatic heterocycles. The van der Waals surface area contributed by atoms with E-state index in [0.717, 1.165) is 25.9 Å².